The summed E-state index contributed by atoms with van der Waals surface area (Å²) in [6, 6.07) is 11.4. The topological polar surface area (TPSA) is 62.3 Å². The van der Waals surface area contributed by atoms with E-state index in [0.29, 0.717) is 11.3 Å². The smallest absolute Gasteiger partial charge is 0.257 e. The van der Waals surface area contributed by atoms with Crippen molar-refractivity contribution in [2.24, 2.45) is 0 Å². The van der Waals surface area contributed by atoms with Gasteiger partial charge in [-0.1, -0.05) is 31.5 Å². The van der Waals surface area contributed by atoms with E-state index in [4.69, 9.17) is 0 Å². The number of anilines is 2. The highest BCUT2D eigenvalue weighted by molar-refractivity contribution is 7.86. The first kappa shape index (κ1) is 19.5. The Labute approximate surface area is 163 Å². The van der Waals surface area contributed by atoms with Gasteiger partial charge in [0.1, 0.15) is 5.82 Å². The third kappa shape index (κ3) is 4.21. The molecule has 5 nitrogen and oxygen atoms in total. The molecule has 1 unspecified atom stereocenters. The predicted octanol–water partition coefficient (Wildman–Crippen LogP) is 3.77. The molecule has 144 valence electrons. The lowest BCUT2D eigenvalue weighted by Crippen LogP contribution is -2.53. The molecule has 1 aromatic carbocycles. The van der Waals surface area contributed by atoms with Gasteiger partial charge in [0.2, 0.25) is 0 Å². The fraction of sp³-hybridized carbons (Fsp3) is 0.429. The molecule has 1 aliphatic rings. The summed E-state index contributed by atoms with van der Waals surface area (Å²) in [5.74, 6) is 1.33. The Morgan fingerprint density at radius 3 is 2.48 bits per heavy atom. The molecular formula is C21H27N3O2S. The van der Waals surface area contributed by atoms with Crippen molar-refractivity contribution in [3.8, 4) is 0 Å². The summed E-state index contributed by atoms with van der Waals surface area (Å²) in [7, 11) is -0.801. The number of hydrogen-bond acceptors (Lipinski definition) is 4. The van der Waals surface area contributed by atoms with Crippen molar-refractivity contribution in [2.75, 3.05) is 29.1 Å². The van der Waals surface area contributed by atoms with Gasteiger partial charge < -0.3 is 10.2 Å². The number of hydrogen-bond donors (Lipinski definition) is 1. The Balaban J connectivity index is 1.70. The number of benzene rings is 1. The largest absolute Gasteiger partial charge is 0.354 e. The molecule has 3 rings (SSSR count). The van der Waals surface area contributed by atoms with Gasteiger partial charge >= 0.3 is 0 Å². The Bertz CT molecular complexity index is 814. The molecule has 1 saturated heterocycles. The van der Waals surface area contributed by atoms with Crippen molar-refractivity contribution < 1.29 is 9.00 Å². The van der Waals surface area contributed by atoms with Crippen LogP contribution in [0.2, 0.25) is 0 Å². The molecule has 0 radical (unpaired) electrons. The lowest BCUT2D eigenvalue weighted by Gasteiger charge is -2.41. The molecule has 1 amide bonds. The van der Waals surface area contributed by atoms with E-state index in [9.17, 15) is 9.00 Å². The summed E-state index contributed by atoms with van der Waals surface area (Å²) < 4.78 is 12.3. The van der Waals surface area contributed by atoms with Crippen LogP contribution in [0.3, 0.4) is 0 Å². The van der Waals surface area contributed by atoms with E-state index in [0.717, 1.165) is 43.0 Å². The van der Waals surface area contributed by atoms with Crippen LogP contribution < -0.4 is 10.2 Å². The maximum atomic E-state index is 12.5. The first-order valence-electron chi connectivity index (χ1n) is 9.45. The van der Waals surface area contributed by atoms with Crippen molar-refractivity contribution in [2.45, 2.75) is 38.4 Å². The standard InChI is InChI=1S/C21H27N3O2S/c1-4-21(5-2)15-24(12-13-27(21)26)19-11-8-17(14-22-19)20(25)23-18-9-6-16(3)7-10-18/h6-11,14H,4-5,12-13,15H2,1-3H3,(H,23,25). The Kier molecular flexibility index (Phi) is 5.95. The molecule has 1 aliphatic heterocycles. The summed E-state index contributed by atoms with van der Waals surface area (Å²) in [4.78, 5) is 19.1. The van der Waals surface area contributed by atoms with Crippen LogP contribution in [0.1, 0.15) is 42.6 Å². The zero-order chi connectivity index (χ0) is 19.4. The van der Waals surface area contributed by atoms with Crippen molar-refractivity contribution in [3.63, 3.8) is 0 Å². The number of amides is 1. The van der Waals surface area contributed by atoms with Gasteiger partial charge in [-0.2, -0.15) is 0 Å². The van der Waals surface area contributed by atoms with Gasteiger partial charge in [0.15, 0.2) is 0 Å². The molecule has 0 bridgehead atoms. The molecule has 1 atom stereocenters. The number of aryl methyl sites for hydroxylation is 1. The summed E-state index contributed by atoms with van der Waals surface area (Å²) in [5, 5.41) is 2.89. The second-order valence-electron chi connectivity index (χ2n) is 7.09. The Morgan fingerprint density at radius 2 is 1.89 bits per heavy atom. The van der Waals surface area contributed by atoms with Crippen LogP contribution in [0.4, 0.5) is 11.5 Å². The van der Waals surface area contributed by atoms with E-state index in [1.165, 1.54) is 0 Å². The first-order valence-corrected chi connectivity index (χ1v) is 10.8. The van der Waals surface area contributed by atoms with Gasteiger partial charge in [0, 0.05) is 41.5 Å². The van der Waals surface area contributed by atoms with Gasteiger partial charge in [-0.25, -0.2) is 4.98 Å². The molecule has 0 spiro atoms. The number of nitrogens with zero attached hydrogens (tertiary/aromatic N) is 2. The summed E-state index contributed by atoms with van der Waals surface area (Å²) in [6.45, 7) is 7.70. The molecule has 0 saturated carbocycles. The fourth-order valence-corrected chi connectivity index (χ4v) is 5.21. The third-order valence-electron chi connectivity index (χ3n) is 5.44. The highest BCUT2D eigenvalue weighted by Crippen LogP contribution is 2.30. The SMILES string of the molecule is CCC1(CC)CN(c2ccc(C(=O)Nc3ccc(C)cc3)cn2)CCS1=O. The van der Waals surface area contributed by atoms with E-state index in [1.807, 2.05) is 37.3 Å². The lowest BCUT2D eigenvalue weighted by atomic mass is 10.0. The number of nitrogens with one attached hydrogen (secondary N) is 1. The third-order valence-corrected chi connectivity index (χ3v) is 7.67. The number of aromatic nitrogens is 1. The zero-order valence-corrected chi connectivity index (χ0v) is 17.0. The van der Waals surface area contributed by atoms with E-state index in [-0.39, 0.29) is 10.7 Å². The summed E-state index contributed by atoms with van der Waals surface area (Å²) >= 11 is 0. The normalized spacial score (nSPS) is 18.9. The summed E-state index contributed by atoms with van der Waals surface area (Å²) in [6.07, 6.45) is 3.40. The van der Waals surface area contributed by atoms with E-state index in [2.05, 4.69) is 29.0 Å². The van der Waals surface area contributed by atoms with Crippen LogP contribution in [0.5, 0.6) is 0 Å². The average molecular weight is 386 g/mol. The van der Waals surface area contributed by atoms with Crippen molar-refractivity contribution in [1.82, 2.24) is 4.98 Å². The molecular weight excluding hydrogens is 358 g/mol. The van der Waals surface area contributed by atoms with Gasteiger partial charge in [0.25, 0.3) is 5.91 Å². The van der Waals surface area contributed by atoms with E-state index >= 15 is 0 Å². The molecule has 6 heteroatoms. The number of rotatable bonds is 5. The maximum absolute atomic E-state index is 12.5. The molecule has 2 aromatic rings. The van der Waals surface area contributed by atoms with E-state index < -0.39 is 10.8 Å². The number of carbonyl (C=O) groups is 1. The van der Waals surface area contributed by atoms with Crippen molar-refractivity contribution >= 4 is 28.2 Å². The van der Waals surface area contributed by atoms with Crippen LogP contribution in [0.15, 0.2) is 42.6 Å². The Hall–Kier alpha value is -2.21. The van der Waals surface area contributed by atoms with Crippen molar-refractivity contribution in [1.29, 1.82) is 0 Å². The van der Waals surface area contributed by atoms with E-state index in [1.54, 1.807) is 12.3 Å². The minimum absolute atomic E-state index is 0.165. The number of carbonyl (C=O) groups excluding carboxylic acids is 1. The molecule has 1 aromatic heterocycles. The fourth-order valence-electron chi connectivity index (χ4n) is 3.45. The highest BCUT2D eigenvalue weighted by atomic mass is 32.2. The van der Waals surface area contributed by atoms with Gasteiger partial charge in [-0.15, -0.1) is 0 Å². The molecule has 0 aliphatic carbocycles. The Morgan fingerprint density at radius 1 is 1.19 bits per heavy atom. The molecule has 1 fully saturated rings. The molecule has 27 heavy (non-hydrogen) atoms. The van der Waals surface area contributed by atoms with Gasteiger partial charge in [-0.3, -0.25) is 9.00 Å². The summed E-state index contributed by atoms with van der Waals surface area (Å²) in [5.41, 5.74) is 2.44. The second kappa shape index (κ2) is 8.21. The first-order chi connectivity index (χ1) is 13.0. The lowest BCUT2D eigenvalue weighted by molar-refractivity contribution is 0.102. The second-order valence-corrected chi connectivity index (χ2v) is 9.05. The van der Waals surface area contributed by atoms with Crippen molar-refractivity contribution in [3.05, 3.63) is 53.7 Å². The molecule has 1 N–H and O–H groups in total. The number of pyridine rings is 1. The highest BCUT2D eigenvalue weighted by Gasteiger charge is 2.39. The van der Waals surface area contributed by atoms with Gasteiger partial charge in [0.05, 0.1) is 10.3 Å². The van der Waals surface area contributed by atoms with Crippen LogP contribution in [0.25, 0.3) is 0 Å². The monoisotopic (exact) mass is 385 g/mol. The average Bonchev–Trinajstić information content (AvgIpc) is 2.70. The quantitative estimate of drug-likeness (QED) is 0.851. The maximum Gasteiger partial charge on any atom is 0.257 e. The zero-order valence-electron chi connectivity index (χ0n) is 16.2. The van der Waals surface area contributed by atoms with Crippen LogP contribution in [0, 0.1) is 6.92 Å². The van der Waals surface area contributed by atoms with Crippen LogP contribution in [-0.2, 0) is 10.8 Å². The minimum Gasteiger partial charge on any atom is -0.354 e. The predicted molar refractivity (Wildman–Crippen MR) is 112 cm³/mol. The van der Waals surface area contributed by atoms with Crippen LogP contribution >= 0.6 is 0 Å². The molecule has 2 heterocycles. The van der Waals surface area contributed by atoms with Crippen LogP contribution in [-0.4, -0.2) is 38.7 Å². The minimum atomic E-state index is -0.801. The van der Waals surface area contributed by atoms with Gasteiger partial charge in [-0.05, 0) is 44.0 Å².